The van der Waals surface area contributed by atoms with Gasteiger partial charge in [-0.3, -0.25) is 0 Å². The quantitative estimate of drug-likeness (QED) is 0.748. The highest BCUT2D eigenvalue weighted by molar-refractivity contribution is 5.84. The summed E-state index contributed by atoms with van der Waals surface area (Å²) in [4.78, 5) is 27.0. The predicted octanol–water partition coefficient (Wildman–Crippen LogP) is 1.72. The second-order valence-corrected chi connectivity index (χ2v) is 4.19. The molecular formula is C12H17NO4. The normalized spacial score (nSPS) is 10.6. The third kappa shape index (κ3) is 3.41. The van der Waals surface area contributed by atoms with Crippen molar-refractivity contribution >= 4 is 5.97 Å². The first-order valence-corrected chi connectivity index (χ1v) is 5.63. The van der Waals surface area contributed by atoms with Crippen molar-refractivity contribution in [3.63, 3.8) is 0 Å². The molecule has 0 spiro atoms. The lowest BCUT2D eigenvalue weighted by atomic mass is 10.0. The Labute approximate surface area is 99.8 Å². The Kier molecular flexibility index (Phi) is 4.43. The zero-order valence-electron chi connectivity index (χ0n) is 10.6. The Morgan fingerprint density at radius 3 is 2.59 bits per heavy atom. The van der Waals surface area contributed by atoms with Crippen molar-refractivity contribution in [2.24, 2.45) is 5.92 Å². The molecule has 17 heavy (non-hydrogen) atoms. The summed E-state index contributed by atoms with van der Waals surface area (Å²) < 4.78 is 9.59. The van der Waals surface area contributed by atoms with Crippen molar-refractivity contribution in [3.8, 4) is 0 Å². The molecule has 1 aromatic rings. The molecule has 0 aliphatic rings. The highest BCUT2D eigenvalue weighted by atomic mass is 16.5. The molecule has 1 aromatic heterocycles. The molecule has 0 aliphatic heterocycles. The Balaban J connectivity index is 3.09. The number of nitrogens with zero attached hydrogens (tertiary/aromatic N) is 1. The van der Waals surface area contributed by atoms with E-state index in [9.17, 15) is 9.59 Å². The van der Waals surface area contributed by atoms with Crippen LogP contribution in [-0.4, -0.2) is 17.6 Å². The molecule has 0 bridgehead atoms. The summed E-state index contributed by atoms with van der Waals surface area (Å²) in [6.07, 6.45) is 0.588. The topological polar surface area (TPSA) is 69.4 Å². The molecule has 0 radical (unpaired) electrons. The highest BCUT2D eigenvalue weighted by Crippen LogP contribution is 2.08. The van der Waals surface area contributed by atoms with Gasteiger partial charge in [0, 0.05) is 0 Å². The Morgan fingerprint density at radius 2 is 2.12 bits per heavy atom. The van der Waals surface area contributed by atoms with Gasteiger partial charge in [0.1, 0.15) is 0 Å². The first-order valence-electron chi connectivity index (χ1n) is 5.63. The molecule has 0 amide bonds. The van der Waals surface area contributed by atoms with Crippen molar-refractivity contribution in [3.05, 3.63) is 27.6 Å². The maximum Gasteiger partial charge on any atom is 0.394 e. The summed E-state index contributed by atoms with van der Waals surface area (Å²) in [5.41, 5.74) is 0.542. The van der Waals surface area contributed by atoms with Crippen LogP contribution < -0.4 is 5.63 Å². The van der Waals surface area contributed by atoms with Gasteiger partial charge in [0.15, 0.2) is 0 Å². The minimum Gasteiger partial charge on any atom is -0.459 e. The van der Waals surface area contributed by atoms with Crippen LogP contribution in [0.25, 0.3) is 0 Å². The number of hydrogen-bond donors (Lipinski definition) is 0. The van der Waals surface area contributed by atoms with E-state index < -0.39 is 11.6 Å². The molecule has 0 atom stereocenters. The van der Waals surface area contributed by atoms with Crippen LogP contribution in [0.5, 0.6) is 0 Å². The van der Waals surface area contributed by atoms with Gasteiger partial charge < -0.3 is 9.15 Å². The summed E-state index contributed by atoms with van der Waals surface area (Å²) in [7, 11) is 0. The van der Waals surface area contributed by atoms with E-state index in [0.717, 1.165) is 0 Å². The summed E-state index contributed by atoms with van der Waals surface area (Å²) in [6.45, 7) is 7.58. The third-order valence-corrected chi connectivity index (χ3v) is 2.20. The van der Waals surface area contributed by atoms with Crippen LogP contribution >= 0.6 is 0 Å². The molecule has 0 unspecified atom stereocenters. The maximum atomic E-state index is 11.7. The molecule has 0 N–H and O–H groups in total. The summed E-state index contributed by atoms with van der Waals surface area (Å²) in [5.74, 6) is -0.655. The first-order chi connectivity index (χ1) is 7.95. The predicted molar refractivity (Wildman–Crippen MR) is 62.0 cm³/mol. The molecule has 0 saturated carbocycles. The van der Waals surface area contributed by atoms with Gasteiger partial charge >= 0.3 is 17.5 Å². The molecule has 0 aromatic carbocycles. The van der Waals surface area contributed by atoms with Crippen molar-refractivity contribution in [1.29, 1.82) is 0 Å². The maximum absolute atomic E-state index is 11.7. The average Bonchev–Trinajstić information content (AvgIpc) is 2.23. The highest BCUT2D eigenvalue weighted by Gasteiger charge is 2.17. The summed E-state index contributed by atoms with van der Waals surface area (Å²) in [6, 6.07) is 0. The van der Waals surface area contributed by atoms with Gasteiger partial charge in [-0.1, -0.05) is 13.8 Å². The van der Waals surface area contributed by atoms with Crippen LogP contribution in [-0.2, 0) is 11.2 Å². The fraction of sp³-hybridized carbons (Fsp3) is 0.583. The molecule has 94 valence electrons. The van der Waals surface area contributed by atoms with Crippen LogP contribution in [0, 0.1) is 12.8 Å². The Bertz CT molecular complexity index is 462. The van der Waals surface area contributed by atoms with E-state index in [1.807, 2.05) is 13.8 Å². The molecule has 1 rings (SSSR count). The van der Waals surface area contributed by atoms with Gasteiger partial charge in [-0.25, -0.2) is 14.6 Å². The molecule has 0 aliphatic carbocycles. The molecular weight excluding hydrogens is 222 g/mol. The fourth-order valence-corrected chi connectivity index (χ4v) is 1.46. The number of aryl methyl sites for hydroxylation is 1. The van der Waals surface area contributed by atoms with E-state index in [-0.39, 0.29) is 12.5 Å². The molecule has 5 nitrogen and oxygen atoms in total. The second kappa shape index (κ2) is 5.61. The van der Waals surface area contributed by atoms with Crippen molar-refractivity contribution in [2.45, 2.75) is 34.1 Å². The first kappa shape index (κ1) is 13.4. The van der Waals surface area contributed by atoms with Gasteiger partial charge in [-0.2, -0.15) is 0 Å². The zero-order chi connectivity index (χ0) is 13.0. The SMILES string of the molecule is CCOC(=O)c1nc(C)c(CC(C)C)c(=O)o1. The molecule has 0 saturated heterocycles. The van der Waals surface area contributed by atoms with Crippen LogP contribution in [0.15, 0.2) is 9.21 Å². The van der Waals surface area contributed by atoms with Gasteiger partial charge in [0.2, 0.25) is 0 Å². The van der Waals surface area contributed by atoms with Crippen molar-refractivity contribution in [1.82, 2.24) is 4.98 Å². The van der Waals surface area contributed by atoms with E-state index in [4.69, 9.17) is 9.15 Å². The van der Waals surface area contributed by atoms with Crippen LogP contribution in [0.1, 0.15) is 42.7 Å². The molecule has 5 heteroatoms. The number of carbonyl (C=O) groups excluding carboxylic acids is 1. The summed E-state index contributed by atoms with van der Waals surface area (Å²) in [5, 5.41) is 0. The second-order valence-electron chi connectivity index (χ2n) is 4.19. The minimum absolute atomic E-state index is 0.219. The molecule has 1 heterocycles. The Hall–Kier alpha value is -1.65. The standard InChI is InChI=1S/C12H17NO4/c1-5-16-12(15)10-13-8(4)9(6-7(2)3)11(14)17-10/h7H,5-6H2,1-4H3. The lowest BCUT2D eigenvalue weighted by Crippen LogP contribution is -2.19. The van der Waals surface area contributed by atoms with E-state index >= 15 is 0 Å². The fourth-order valence-electron chi connectivity index (χ4n) is 1.46. The van der Waals surface area contributed by atoms with E-state index in [1.165, 1.54) is 0 Å². The van der Waals surface area contributed by atoms with E-state index in [1.54, 1.807) is 13.8 Å². The number of aromatic nitrogens is 1. The summed E-state index contributed by atoms with van der Waals surface area (Å²) >= 11 is 0. The monoisotopic (exact) mass is 239 g/mol. The van der Waals surface area contributed by atoms with Crippen molar-refractivity contribution < 1.29 is 13.9 Å². The van der Waals surface area contributed by atoms with E-state index in [0.29, 0.717) is 23.6 Å². The van der Waals surface area contributed by atoms with Gasteiger partial charge in [-0.15, -0.1) is 0 Å². The smallest absolute Gasteiger partial charge is 0.394 e. The minimum atomic E-state index is -0.705. The zero-order valence-corrected chi connectivity index (χ0v) is 10.6. The lowest BCUT2D eigenvalue weighted by molar-refractivity contribution is 0.0471. The molecule has 0 fully saturated rings. The van der Waals surface area contributed by atoms with Gasteiger partial charge in [0.25, 0.3) is 0 Å². The third-order valence-electron chi connectivity index (χ3n) is 2.20. The number of rotatable bonds is 4. The number of carbonyl (C=O) groups is 1. The van der Waals surface area contributed by atoms with Crippen molar-refractivity contribution in [2.75, 3.05) is 6.61 Å². The number of esters is 1. The number of hydrogen-bond acceptors (Lipinski definition) is 5. The van der Waals surface area contributed by atoms with Gasteiger partial charge in [0.05, 0.1) is 17.9 Å². The Morgan fingerprint density at radius 1 is 1.47 bits per heavy atom. The largest absolute Gasteiger partial charge is 0.459 e. The van der Waals surface area contributed by atoms with Gasteiger partial charge in [-0.05, 0) is 26.2 Å². The van der Waals surface area contributed by atoms with Crippen LogP contribution in [0.2, 0.25) is 0 Å². The lowest BCUT2D eigenvalue weighted by Gasteiger charge is -2.07. The van der Waals surface area contributed by atoms with E-state index in [2.05, 4.69) is 4.98 Å². The average molecular weight is 239 g/mol. The van der Waals surface area contributed by atoms with Crippen LogP contribution in [0.3, 0.4) is 0 Å². The number of ether oxygens (including phenoxy) is 1. The van der Waals surface area contributed by atoms with Crippen LogP contribution in [0.4, 0.5) is 0 Å².